The summed E-state index contributed by atoms with van der Waals surface area (Å²) >= 11 is 1.47. The highest BCUT2D eigenvalue weighted by Crippen LogP contribution is 2.53. The highest BCUT2D eigenvalue weighted by molar-refractivity contribution is 7.99. The zero-order valence-corrected chi connectivity index (χ0v) is 20.3. The van der Waals surface area contributed by atoms with E-state index in [4.69, 9.17) is 9.26 Å². The molecule has 0 atom stereocenters. The predicted octanol–water partition coefficient (Wildman–Crippen LogP) is 4.74. The van der Waals surface area contributed by atoms with Crippen molar-refractivity contribution in [2.75, 3.05) is 27.2 Å². The van der Waals surface area contributed by atoms with E-state index in [1.807, 2.05) is 49.3 Å². The number of ether oxygens (including phenoxy) is 1. The minimum absolute atomic E-state index is 0. The summed E-state index contributed by atoms with van der Waals surface area (Å²) in [6.07, 6.45) is 6.46. The van der Waals surface area contributed by atoms with E-state index < -0.39 is 0 Å². The Labute approximate surface area is 200 Å². The molecule has 174 valence electrons. The topological polar surface area (TPSA) is 67.6 Å². The van der Waals surface area contributed by atoms with E-state index in [-0.39, 0.29) is 30.1 Å². The first-order chi connectivity index (χ1) is 15.1. The fourth-order valence-electron chi connectivity index (χ4n) is 5.90. The predicted molar refractivity (Wildman–Crippen MR) is 127 cm³/mol. The first kappa shape index (κ1) is 23.5. The van der Waals surface area contributed by atoms with Crippen molar-refractivity contribution < 1.29 is 14.1 Å². The Bertz CT molecular complexity index is 892. The molecular formula is C24H32ClN3O3S. The number of carbonyl (C=O) groups is 1. The Morgan fingerprint density at radius 3 is 2.41 bits per heavy atom. The van der Waals surface area contributed by atoms with E-state index in [2.05, 4.69) is 10.5 Å². The van der Waals surface area contributed by atoms with Crippen LogP contribution in [0.3, 0.4) is 0 Å². The van der Waals surface area contributed by atoms with Crippen LogP contribution in [0, 0.1) is 23.7 Å². The molecule has 4 saturated carbocycles. The highest BCUT2D eigenvalue weighted by atomic mass is 35.5. The first-order valence-corrected chi connectivity index (χ1v) is 12.2. The molecule has 4 aliphatic carbocycles. The molecular weight excluding hydrogens is 446 g/mol. The fraction of sp³-hybridized carbons (Fsp3) is 0.583. The number of likely N-dealkylation sites (N-methyl/N-ethyl adjacent to an activating group) is 1. The van der Waals surface area contributed by atoms with Crippen LogP contribution in [-0.2, 0) is 0 Å². The molecule has 1 aromatic heterocycles. The molecule has 0 spiro atoms. The van der Waals surface area contributed by atoms with Gasteiger partial charge in [0.25, 0.3) is 11.8 Å². The Balaban J connectivity index is 0.00000245. The van der Waals surface area contributed by atoms with Gasteiger partial charge in [0.1, 0.15) is 11.5 Å². The van der Waals surface area contributed by atoms with Gasteiger partial charge < -0.3 is 19.5 Å². The summed E-state index contributed by atoms with van der Waals surface area (Å²) in [6, 6.07) is 10.2. The van der Waals surface area contributed by atoms with Crippen LogP contribution in [0.25, 0.3) is 0 Å². The second-order valence-corrected chi connectivity index (χ2v) is 10.7. The van der Waals surface area contributed by atoms with Crippen LogP contribution in [-0.4, -0.2) is 49.3 Å². The van der Waals surface area contributed by atoms with E-state index in [9.17, 15) is 4.79 Å². The molecule has 4 aliphatic rings. The largest absolute Gasteiger partial charge is 0.473 e. The third kappa shape index (κ3) is 4.95. The van der Waals surface area contributed by atoms with Crippen molar-refractivity contribution >= 4 is 30.1 Å². The molecule has 32 heavy (non-hydrogen) atoms. The molecule has 6 nitrogen and oxygen atoms in total. The highest BCUT2D eigenvalue weighted by Gasteiger charge is 2.49. The number of benzene rings is 1. The summed E-state index contributed by atoms with van der Waals surface area (Å²) in [5, 5.41) is 7.46. The maximum atomic E-state index is 13.3. The van der Waals surface area contributed by atoms with Crippen LogP contribution in [0.2, 0.25) is 0 Å². The van der Waals surface area contributed by atoms with Gasteiger partial charge in [0, 0.05) is 17.5 Å². The van der Waals surface area contributed by atoms with Crippen LogP contribution in [0.15, 0.2) is 44.6 Å². The van der Waals surface area contributed by atoms with Gasteiger partial charge >= 0.3 is 0 Å². The zero-order chi connectivity index (χ0) is 21.4. The summed E-state index contributed by atoms with van der Waals surface area (Å²) in [5.74, 6) is 3.48. The molecule has 0 radical (unpaired) electrons. The lowest BCUT2D eigenvalue weighted by atomic mass is 9.54. The third-order valence-corrected chi connectivity index (χ3v) is 8.16. The summed E-state index contributed by atoms with van der Waals surface area (Å²) in [6.45, 7) is 1.25. The van der Waals surface area contributed by atoms with Crippen LogP contribution < -0.4 is 10.1 Å². The SMILES string of the molecule is CN(C)CCOc1noc(C(=O)NC2C3CC4CC(C3)CC2C4)c1Sc1ccccc1.Cl. The average molecular weight is 478 g/mol. The number of nitrogens with one attached hydrogen (secondary N) is 1. The quantitative estimate of drug-likeness (QED) is 0.592. The molecule has 8 heteroatoms. The molecule has 1 amide bonds. The van der Waals surface area contributed by atoms with Crippen molar-refractivity contribution in [3.05, 3.63) is 36.1 Å². The van der Waals surface area contributed by atoms with E-state index >= 15 is 0 Å². The molecule has 0 aliphatic heterocycles. The molecule has 6 rings (SSSR count). The monoisotopic (exact) mass is 477 g/mol. The van der Waals surface area contributed by atoms with Gasteiger partial charge in [-0.15, -0.1) is 12.4 Å². The minimum atomic E-state index is -0.161. The van der Waals surface area contributed by atoms with Gasteiger partial charge in [-0.1, -0.05) is 30.0 Å². The molecule has 1 N–H and O–H groups in total. The molecule has 4 bridgehead atoms. The number of nitrogens with zero attached hydrogens (tertiary/aromatic N) is 2. The van der Waals surface area contributed by atoms with Crippen molar-refractivity contribution in [3.63, 3.8) is 0 Å². The van der Waals surface area contributed by atoms with Crippen molar-refractivity contribution in [2.45, 2.75) is 47.9 Å². The molecule has 4 fully saturated rings. The Morgan fingerprint density at radius 1 is 1.12 bits per heavy atom. The van der Waals surface area contributed by atoms with Gasteiger partial charge in [-0.05, 0) is 87.2 Å². The van der Waals surface area contributed by atoms with Crippen LogP contribution in [0.4, 0.5) is 0 Å². The minimum Gasteiger partial charge on any atom is -0.473 e. The van der Waals surface area contributed by atoms with Crippen molar-refractivity contribution in [1.82, 2.24) is 15.4 Å². The number of hydrogen-bond acceptors (Lipinski definition) is 6. The standard InChI is InChI=1S/C24H31N3O3S.ClH/c1-27(2)8-9-29-24-22(31-19-6-4-3-5-7-19)21(30-26-24)23(28)25-20-17-11-15-10-16(13-17)14-18(20)12-15;/h3-7,15-18,20H,8-14H2,1-2H3,(H,25,28);1H. The lowest BCUT2D eigenvalue weighted by Gasteiger charge is -2.54. The van der Waals surface area contributed by atoms with Crippen molar-refractivity contribution in [1.29, 1.82) is 0 Å². The lowest BCUT2D eigenvalue weighted by Crippen LogP contribution is -2.55. The van der Waals surface area contributed by atoms with Gasteiger partial charge in [0.2, 0.25) is 5.76 Å². The Kier molecular flexibility index (Phi) is 7.37. The first-order valence-electron chi connectivity index (χ1n) is 11.4. The van der Waals surface area contributed by atoms with E-state index in [0.29, 0.717) is 29.2 Å². The second-order valence-electron chi connectivity index (χ2n) is 9.64. The lowest BCUT2D eigenvalue weighted by molar-refractivity contribution is -0.0124. The normalized spacial score (nSPS) is 27.9. The van der Waals surface area contributed by atoms with Crippen LogP contribution in [0.5, 0.6) is 5.88 Å². The van der Waals surface area contributed by atoms with Crippen molar-refractivity contribution in [3.8, 4) is 5.88 Å². The Morgan fingerprint density at radius 2 is 1.78 bits per heavy atom. The molecule has 0 saturated heterocycles. The molecule has 1 aromatic carbocycles. The number of amides is 1. The number of hydrogen-bond donors (Lipinski definition) is 1. The van der Waals surface area contributed by atoms with Crippen LogP contribution in [0.1, 0.15) is 42.7 Å². The maximum absolute atomic E-state index is 13.3. The van der Waals surface area contributed by atoms with Crippen LogP contribution >= 0.6 is 24.2 Å². The van der Waals surface area contributed by atoms with Gasteiger partial charge in [0.05, 0.1) is 0 Å². The van der Waals surface area contributed by atoms with E-state index in [1.165, 1.54) is 43.9 Å². The summed E-state index contributed by atoms with van der Waals surface area (Å²) in [5.41, 5.74) is 0. The fourth-order valence-corrected chi connectivity index (χ4v) is 6.84. The number of rotatable bonds is 8. The second kappa shape index (κ2) is 10.1. The average Bonchev–Trinajstić information content (AvgIpc) is 3.13. The number of halogens is 1. The van der Waals surface area contributed by atoms with Gasteiger partial charge in [0.15, 0.2) is 0 Å². The van der Waals surface area contributed by atoms with E-state index in [0.717, 1.165) is 23.3 Å². The summed E-state index contributed by atoms with van der Waals surface area (Å²) in [4.78, 5) is 17.0. The zero-order valence-electron chi connectivity index (χ0n) is 18.7. The van der Waals surface area contributed by atoms with E-state index in [1.54, 1.807) is 0 Å². The van der Waals surface area contributed by atoms with Gasteiger partial charge in [-0.25, -0.2) is 0 Å². The number of aromatic nitrogens is 1. The summed E-state index contributed by atoms with van der Waals surface area (Å²) in [7, 11) is 3.99. The molecule has 2 aromatic rings. The number of carbonyl (C=O) groups excluding carboxylic acids is 1. The summed E-state index contributed by atoms with van der Waals surface area (Å²) < 4.78 is 11.4. The third-order valence-electron chi connectivity index (χ3n) is 7.09. The van der Waals surface area contributed by atoms with Crippen molar-refractivity contribution in [2.24, 2.45) is 23.7 Å². The maximum Gasteiger partial charge on any atom is 0.291 e. The smallest absolute Gasteiger partial charge is 0.291 e. The molecule has 1 heterocycles. The van der Waals surface area contributed by atoms with Gasteiger partial charge in [-0.3, -0.25) is 4.79 Å². The Hall–Kier alpha value is -1.70. The molecule has 0 unspecified atom stereocenters. The van der Waals surface area contributed by atoms with Gasteiger partial charge in [-0.2, -0.15) is 0 Å².